The van der Waals surface area contributed by atoms with Crippen molar-refractivity contribution in [3.05, 3.63) is 90.5 Å². The van der Waals surface area contributed by atoms with Crippen LogP contribution in [-0.2, 0) is 9.47 Å². The van der Waals surface area contributed by atoms with Crippen LogP contribution in [0.25, 0.3) is 0 Å². The lowest BCUT2D eigenvalue weighted by atomic mass is 10.1. The molecule has 0 aliphatic heterocycles. The van der Waals surface area contributed by atoms with Gasteiger partial charge in [-0.05, 0) is 36.3 Å². The average Bonchev–Trinajstić information content (AvgIpc) is 2.70. The van der Waals surface area contributed by atoms with E-state index in [0.29, 0.717) is 13.2 Å². The quantitative estimate of drug-likeness (QED) is 0.441. The number of methoxy groups -OCH3 is 1. The molecular formula is C23H25O2P. The van der Waals surface area contributed by atoms with Crippen molar-refractivity contribution in [3.8, 4) is 0 Å². The Hall–Kier alpha value is -1.99. The summed E-state index contributed by atoms with van der Waals surface area (Å²) in [5.41, 5.74) is 1.25. The van der Waals surface area contributed by atoms with E-state index in [0.717, 1.165) is 0 Å². The monoisotopic (exact) mass is 364 g/mol. The van der Waals surface area contributed by atoms with Crippen LogP contribution in [-0.4, -0.2) is 20.3 Å². The second kappa shape index (κ2) is 9.64. The molecule has 0 aliphatic rings. The van der Waals surface area contributed by atoms with Crippen molar-refractivity contribution in [1.29, 1.82) is 0 Å². The van der Waals surface area contributed by atoms with Crippen LogP contribution >= 0.6 is 7.92 Å². The topological polar surface area (TPSA) is 18.5 Å². The maximum absolute atomic E-state index is 6.02. The van der Waals surface area contributed by atoms with Crippen molar-refractivity contribution in [2.45, 2.75) is 13.0 Å². The maximum atomic E-state index is 6.02. The molecule has 0 N–H and O–H groups in total. The molecule has 0 heterocycles. The molecule has 0 bridgehead atoms. The largest absolute Gasteiger partial charge is 0.382 e. The first-order valence-electron chi connectivity index (χ1n) is 8.91. The molecule has 0 saturated heterocycles. The number of benzene rings is 3. The van der Waals surface area contributed by atoms with E-state index in [-0.39, 0.29) is 6.10 Å². The minimum absolute atomic E-state index is 0.0266. The van der Waals surface area contributed by atoms with Gasteiger partial charge in [-0.15, -0.1) is 0 Å². The van der Waals surface area contributed by atoms with Gasteiger partial charge in [0.2, 0.25) is 0 Å². The second-order valence-electron chi connectivity index (χ2n) is 6.07. The molecule has 2 nitrogen and oxygen atoms in total. The van der Waals surface area contributed by atoms with Crippen molar-refractivity contribution in [1.82, 2.24) is 0 Å². The van der Waals surface area contributed by atoms with Gasteiger partial charge < -0.3 is 9.47 Å². The highest BCUT2D eigenvalue weighted by molar-refractivity contribution is 7.79. The highest BCUT2D eigenvalue weighted by Crippen LogP contribution is 2.35. The summed E-state index contributed by atoms with van der Waals surface area (Å²) in [6.07, 6.45) is 0.0266. The van der Waals surface area contributed by atoms with Crippen LogP contribution in [0.1, 0.15) is 18.6 Å². The molecule has 3 aromatic carbocycles. The first-order chi connectivity index (χ1) is 12.8. The van der Waals surface area contributed by atoms with E-state index in [9.17, 15) is 0 Å². The fourth-order valence-electron chi connectivity index (χ4n) is 3.01. The second-order valence-corrected chi connectivity index (χ2v) is 8.26. The lowest BCUT2D eigenvalue weighted by Crippen LogP contribution is -2.24. The smallest absolute Gasteiger partial charge is 0.0804 e. The minimum atomic E-state index is -0.629. The molecule has 0 spiro atoms. The van der Waals surface area contributed by atoms with Gasteiger partial charge in [0.05, 0.1) is 19.3 Å². The summed E-state index contributed by atoms with van der Waals surface area (Å²) in [5, 5.41) is 4.06. The molecule has 0 aliphatic carbocycles. The van der Waals surface area contributed by atoms with Crippen LogP contribution in [0.2, 0.25) is 0 Å². The standard InChI is InChI=1S/C23H25O2P/c1-19(25-18-17-24-2)22-15-9-10-16-23(22)26(20-11-5-3-6-12-20)21-13-7-4-8-14-21/h3-16,19H,17-18H2,1-2H3. The van der Waals surface area contributed by atoms with Gasteiger partial charge in [0, 0.05) is 7.11 Å². The molecule has 3 rings (SSSR count). The maximum Gasteiger partial charge on any atom is 0.0804 e. The van der Waals surface area contributed by atoms with Crippen LogP contribution in [0.3, 0.4) is 0 Å². The van der Waals surface area contributed by atoms with E-state index in [1.54, 1.807) is 7.11 Å². The first-order valence-corrected chi connectivity index (χ1v) is 10.2. The van der Waals surface area contributed by atoms with Gasteiger partial charge in [-0.2, -0.15) is 0 Å². The SMILES string of the molecule is COCCOC(C)c1ccccc1P(c1ccccc1)c1ccccc1. The Morgan fingerprint density at radius 1 is 0.731 bits per heavy atom. The summed E-state index contributed by atoms with van der Waals surface area (Å²) in [6.45, 7) is 3.33. The zero-order valence-corrected chi connectivity index (χ0v) is 16.2. The molecule has 0 radical (unpaired) electrons. The van der Waals surface area contributed by atoms with E-state index in [1.807, 2.05) is 0 Å². The molecule has 0 saturated carbocycles. The first kappa shape index (κ1) is 18.8. The van der Waals surface area contributed by atoms with Crippen LogP contribution in [0.4, 0.5) is 0 Å². The zero-order valence-electron chi connectivity index (χ0n) is 15.3. The molecule has 1 atom stereocenters. The van der Waals surface area contributed by atoms with Gasteiger partial charge in [-0.3, -0.25) is 0 Å². The lowest BCUT2D eigenvalue weighted by molar-refractivity contribution is 0.0260. The molecule has 3 heteroatoms. The number of hydrogen-bond acceptors (Lipinski definition) is 2. The van der Waals surface area contributed by atoms with Gasteiger partial charge in [0.15, 0.2) is 0 Å². The van der Waals surface area contributed by atoms with Crippen LogP contribution < -0.4 is 15.9 Å². The van der Waals surface area contributed by atoms with Crippen molar-refractivity contribution in [2.75, 3.05) is 20.3 Å². The van der Waals surface area contributed by atoms with E-state index in [2.05, 4.69) is 91.9 Å². The molecule has 0 amide bonds. The van der Waals surface area contributed by atoms with Crippen LogP contribution in [0, 0.1) is 0 Å². The van der Waals surface area contributed by atoms with Gasteiger partial charge in [0.25, 0.3) is 0 Å². The lowest BCUT2D eigenvalue weighted by Gasteiger charge is -2.25. The average molecular weight is 364 g/mol. The summed E-state index contributed by atoms with van der Waals surface area (Å²) >= 11 is 0. The van der Waals surface area contributed by atoms with Gasteiger partial charge in [-0.1, -0.05) is 84.9 Å². The minimum Gasteiger partial charge on any atom is -0.382 e. The number of hydrogen-bond donors (Lipinski definition) is 0. The predicted octanol–water partition coefficient (Wildman–Crippen LogP) is 4.17. The summed E-state index contributed by atoms with van der Waals surface area (Å²) in [7, 11) is 1.07. The van der Waals surface area contributed by atoms with E-state index in [1.165, 1.54) is 21.5 Å². The Kier molecular flexibility index (Phi) is 6.96. The zero-order chi connectivity index (χ0) is 18.2. The number of ether oxygens (including phenoxy) is 2. The molecule has 26 heavy (non-hydrogen) atoms. The van der Waals surface area contributed by atoms with E-state index < -0.39 is 7.92 Å². The van der Waals surface area contributed by atoms with Gasteiger partial charge >= 0.3 is 0 Å². The fourth-order valence-corrected chi connectivity index (χ4v) is 5.56. The Morgan fingerprint density at radius 2 is 1.27 bits per heavy atom. The van der Waals surface area contributed by atoms with Gasteiger partial charge in [0.1, 0.15) is 0 Å². The van der Waals surface area contributed by atoms with Crippen molar-refractivity contribution < 1.29 is 9.47 Å². The Bertz CT molecular complexity index is 750. The van der Waals surface area contributed by atoms with Crippen LogP contribution in [0.15, 0.2) is 84.9 Å². The molecule has 1 unspecified atom stereocenters. The summed E-state index contributed by atoms with van der Waals surface area (Å²) in [6, 6.07) is 30.2. The Labute approximate surface area is 157 Å². The summed E-state index contributed by atoms with van der Waals surface area (Å²) in [4.78, 5) is 0. The highest BCUT2D eigenvalue weighted by atomic mass is 31.1. The van der Waals surface area contributed by atoms with E-state index in [4.69, 9.17) is 9.47 Å². The third-order valence-corrected chi connectivity index (χ3v) is 6.82. The Balaban J connectivity index is 2.02. The fraction of sp³-hybridized carbons (Fsp3) is 0.217. The molecule has 0 fully saturated rings. The van der Waals surface area contributed by atoms with Crippen molar-refractivity contribution in [3.63, 3.8) is 0 Å². The van der Waals surface area contributed by atoms with Crippen molar-refractivity contribution >= 4 is 23.8 Å². The predicted molar refractivity (Wildman–Crippen MR) is 111 cm³/mol. The number of rotatable bonds is 8. The molecule has 3 aromatic rings. The third-order valence-electron chi connectivity index (χ3n) is 4.30. The molecular weight excluding hydrogens is 339 g/mol. The molecule has 0 aromatic heterocycles. The third kappa shape index (κ3) is 4.59. The highest BCUT2D eigenvalue weighted by Gasteiger charge is 2.21. The normalized spacial score (nSPS) is 12.3. The molecule has 134 valence electrons. The van der Waals surface area contributed by atoms with Crippen molar-refractivity contribution in [2.24, 2.45) is 0 Å². The van der Waals surface area contributed by atoms with E-state index >= 15 is 0 Å². The summed E-state index contributed by atoms with van der Waals surface area (Å²) < 4.78 is 11.1. The summed E-state index contributed by atoms with van der Waals surface area (Å²) in [5.74, 6) is 0. The van der Waals surface area contributed by atoms with Crippen LogP contribution in [0.5, 0.6) is 0 Å². The van der Waals surface area contributed by atoms with Gasteiger partial charge in [-0.25, -0.2) is 0 Å². The Morgan fingerprint density at radius 3 is 1.85 bits per heavy atom.